The lowest BCUT2D eigenvalue weighted by Crippen LogP contribution is -2.14. The van der Waals surface area contributed by atoms with E-state index in [1.807, 2.05) is 6.20 Å². The first-order valence-corrected chi connectivity index (χ1v) is 14.9. The lowest BCUT2D eigenvalue weighted by Gasteiger charge is -2.22. The highest BCUT2D eigenvalue weighted by Crippen LogP contribution is 2.50. The molecule has 0 amide bonds. The van der Waals surface area contributed by atoms with Crippen molar-refractivity contribution in [2.45, 2.75) is 38.5 Å². The fourth-order valence-corrected chi connectivity index (χ4v) is 7.34. The largest absolute Gasteiger partial charge is 0.256 e. The van der Waals surface area contributed by atoms with Crippen molar-refractivity contribution in [3.8, 4) is 55.8 Å². The molecular weight excluding hydrogens is 506 g/mol. The fourth-order valence-electron chi connectivity index (χ4n) is 7.34. The SMILES string of the molecule is CC1(C)c2ccccc2-c2ccc(-c3ccc(-c4ccc(-c5ccc6c(c5)C(C)(C)c5ccccc5-6)cn4)cc3)cc21. The van der Waals surface area contributed by atoms with E-state index in [1.165, 1.54) is 61.2 Å². The first-order valence-electron chi connectivity index (χ1n) is 14.9. The Morgan fingerprint density at radius 2 is 0.810 bits per heavy atom. The molecule has 1 heterocycles. The summed E-state index contributed by atoms with van der Waals surface area (Å²) in [6, 6.07) is 44.6. The van der Waals surface area contributed by atoms with Crippen LogP contribution in [0.1, 0.15) is 49.9 Å². The van der Waals surface area contributed by atoms with E-state index in [4.69, 9.17) is 4.98 Å². The first-order chi connectivity index (χ1) is 20.3. The van der Waals surface area contributed by atoms with Crippen LogP contribution in [0, 0.1) is 0 Å². The molecule has 42 heavy (non-hydrogen) atoms. The second kappa shape index (κ2) is 8.87. The van der Waals surface area contributed by atoms with Gasteiger partial charge in [0, 0.05) is 28.2 Å². The van der Waals surface area contributed by atoms with Crippen LogP contribution >= 0.6 is 0 Å². The monoisotopic (exact) mass is 539 g/mol. The molecule has 0 radical (unpaired) electrons. The Bertz CT molecular complexity index is 1860. The maximum atomic E-state index is 4.89. The van der Waals surface area contributed by atoms with Crippen molar-refractivity contribution in [3.63, 3.8) is 0 Å². The molecule has 2 aliphatic carbocycles. The van der Waals surface area contributed by atoms with Gasteiger partial charge in [-0.25, -0.2) is 0 Å². The number of pyridine rings is 1. The number of fused-ring (bicyclic) bond motifs is 6. The number of hydrogen-bond donors (Lipinski definition) is 0. The van der Waals surface area contributed by atoms with Crippen LogP contribution in [0.3, 0.4) is 0 Å². The zero-order chi connectivity index (χ0) is 28.6. The number of benzene rings is 5. The Kier molecular flexibility index (Phi) is 5.28. The standard InChI is InChI=1S/C41H33N/c1-40(2)35-11-7-5-9-31(35)33-20-17-28(23-37(33)40)26-13-15-27(16-14-26)39-22-19-30(25-42-39)29-18-21-34-32-10-6-8-12-36(32)41(3,4)38(34)24-29/h5-25H,1-4H3. The summed E-state index contributed by atoms with van der Waals surface area (Å²) in [6.45, 7) is 9.33. The van der Waals surface area contributed by atoms with E-state index in [1.54, 1.807) is 0 Å². The third kappa shape index (κ3) is 3.59. The molecule has 1 nitrogen and oxygen atoms in total. The maximum Gasteiger partial charge on any atom is 0.0702 e. The molecule has 0 atom stereocenters. The Morgan fingerprint density at radius 1 is 0.381 bits per heavy atom. The topological polar surface area (TPSA) is 12.9 Å². The van der Waals surface area contributed by atoms with Crippen LogP contribution < -0.4 is 0 Å². The number of nitrogens with zero attached hydrogens (tertiary/aromatic N) is 1. The molecule has 1 aromatic heterocycles. The minimum atomic E-state index is -0.00435. The van der Waals surface area contributed by atoms with Gasteiger partial charge in [-0.2, -0.15) is 0 Å². The van der Waals surface area contributed by atoms with E-state index in [-0.39, 0.29) is 10.8 Å². The Hall–Kier alpha value is -4.75. The van der Waals surface area contributed by atoms with Crippen molar-refractivity contribution in [1.29, 1.82) is 0 Å². The van der Waals surface area contributed by atoms with Gasteiger partial charge >= 0.3 is 0 Å². The molecule has 1 heteroatoms. The average Bonchev–Trinajstić information content (AvgIpc) is 3.40. The minimum Gasteiger partial charge on any atom is -0.256 e. The summed E-state index contributed by atoms with van der Waals surface area (Å²) >= 11 is 0. The first kappa shape index (κ1) is 25.0. The summed E-state index contributed by atoms with van der Waals surface area (Å²) in [5.74, 6) is 0. The van der Waals surface area contributed by atoms with Gasteiger partial charge in [-0.1, -0.05) is 131 Å². The van der Waals surface area contributed by atoms with Crippen molar-refractivity contribution in [2.24, 2.45) is 0 Å². The smallest absolute Gasteiger partial charge is 0.0702 e. The molecule has 0 spiro atoms. The molecule has 0 N–H and O–H groups in total. The van der Waals surface area contributed by atoms with Gasteiger partial charge in [0.1, 0.15) is 0 Å². The van der Waals surface area contributed by atoms with Gasteiger partial charge in [0.2, 0.25) is 0 Å². The molecule has 0 saturated carbocycles. The van der Waals surface area contributed by atoms with Crippen LogP contribution in [0.2, 0.25) is 0 Å². The molecule has 8 rings (SSSR count). The van der Waals surface area contributed by atoms with Crippen molar-refractivity contribution in [3.05, 3.63) is 150 Å². The quantitative estimate of drug-likeness (QED) is 0.218. The van der Waals surface area contributed by atoms with Crippen LogP contribution in [0.25, 0.3) is 55.8 Å². The number of aromatic nitrogens is 1. The molecule has 0 aliphatic heterocycles. The number of hydrogen-bond acceptors (Lipinski definition) is 1. The van der Waals surface area contributed by atoms with E-state index in [2.05, 4.69) is 149 Å². The van der Waals surface area contributed by atoms with Crippen molar-refractivity contribution in [1.82, 2.24) is 4.98 Å². The molecule has 6 aromatic rings. The fraction of sp³-hybridized carbons (Fsp3) is 0.146. The summed E-state index contributed by atoms with van der Waals surface area (Å²) in [5, 5.41) is 0. The third-order valence-corrected chi connectivity index (χ3v) is 9.78. The zero-order valence-electron chi connectivity index (χ0n) is 24.6. The Morgan fingerprint density at radius 3 is 1.33 bits per heavy atom. The summed E-state index contributed by atoms with van der Waals surface area (Å²) in [6.07, 6.45) is 2.01. The van der Waals surface area contributed by atoms with Crippen LogP contribution in [-0.2, 0) is 10.8 Å². The Labute approximate surface area is 248 Å². The van der Waals surface area contributed by atoms with Gasteiger partial charge in [0.05, 0.1) is 5.69 Å². The lowest BCUT2D eigenvalue weighted by atomic mass is 9.81. The predicted molar refractivity (Wildman–Crippen MR) is 176 cm³/mol. The number of rotatable bonds is 3. The molecule has 0 unspecified atom stereocenters. The average molecular weight is 540 g/mol. The highest BCUT2D eigenvalue weighted by Gasteiger charge is 2.36. The Balaban J connectivity index is 1.06. The van der Waals surface area contributed by atoms with Crippen molar-refractivity contribution < 1.29 is 0 Å². The minimum absolute atomic E-state index is 0.00435. The van der Waals surface area contributed by atoms with E-state index >= 15 is 0 Å². The molecule has 202 valence electrons. The second-order valence-corrected chi connectivity index (χ2v) is 12.9. The normalized spacial score (nSPS) is 15.0. The van der Waals surface area contributed by atoms with Crippen molar-refractivity contribution in [2.75, 3.05) is 0 Å². The zero-order valence-corrected chi connectivity index (χ0v) is 24.6. The maximum absolute atomic E-state index is 4.89. The molecule has 0 fully saturated rings. The van der Waals surface area contributed by atoms with E-state index in [9.17, 15) is 0 Å². The summed E-state index contributed by atoms with van der Waals surface area (Å²) in [7, 11) is 0. The molecular formula is C41H33N. The van der Waals surface area contributed by atoms with Crippen LogP contribution in [-0.4, -0.2) is 4.98 Å². The van der Waals surface area contributed by atoms with Gasteiger partial charge in [0.25, 0.3) is 0 Å². The molecule has 0 bridgehead atoms. The summed E-state index contributed by atoms with van der Waals surface area (Å²) in [5.41, 5.74) is 18.0. The lowest BCUT2D eigenvalue weighted by molar-refractivity contribution is 0.660. The summed E-state index contributed by atoms with van der Waals surface area (Å²) < 4.78 is 0. The third-order valence-electron chi connectivity index (χ3n) is 9.78. The van der Waals surface area contributed by atoms with Gasteiger partial charge in [-0.3, -0.25) is 4.98 Å². The summed E-state index contributed by atoms with van der Waals surface area (Å²) in [4.78, 5) is 4.89. The second-order valence-electron chi connectivity index (χ2n) is 12.9. The highest BCUT2D eigenvalue weighted by molar-refractivity contribution is 5.85. The molecule has 5 aromatic carbocycles. The predicted octanol–water partition coefficient (Wildman–Crippen LogP) is 10.7. The van der Waals surface area contributed by atoms with E-state index < -0.39 is 0 Å². The van der Waals surface area contributed by atoms with Crippen molar-refractivity contribution >= 4 is 0 Å². The van der Waals surface area contributed by atoms with E-state index in [0.717, 1.165) is 16.8 Å². The van der Waals surface area contributed by atoms with Gasteiger partial charge in [-0.15, -0.1) is 0 Å². The molecule has 0 saturated heterocycles. The van der Waals surface area contributed by atoms with Gasteiger partial charge in [-0.05, 0) is 79.4 Å². The van der Waals surface area contributed by atoms with Crippen LogP contribution in [0.15, 0.2) is 128 Å². The van der Waals surface area contributed by atoms with E-state index in [0.29, 0.717) is 0 Å². The van der Waals surface area contributed by atoms with Crippen LogP contribution in [0.5, 0.6) is 0 Å². The van der Waals surface area contributed by atoms with Gasteiger partial charge < -0.3 is 0 Å². The van der Waals surface area contributed by atoms with Gasteiger partial charge in [0.15, 0.2) is 0 Å². The van der Waals surface area contributed by atoms with Crippen LogP contribution in [0.4, 0.5) is 0 Å². The highest BCUT2D eigenvalue weighted by atomic mass is 14.7. The molecule has 2 aliphatic rings.